The molecule has 1 N–H and O–H groups in total. The van der Waals surface area contributed by atoms with Crippen LogP contribution >= 0.6 is 11.8 Å². The molecule has 1 aromatic heterocycles. The molecule has 8 heteroatoms. The molecule has 0 bridgehead atoms. The largest absolute Gasteiger partial charge is 0.497 e. The van der Waals surface area contributed by atoms with Crippen molar-refractivity contribution in [3.8, 4) is 22.8 Å². The lowest BCUT2D eigenvalue weighted by Gasteiger charge is -2.19. The quantitative estimate of drug-likeness (QED) is 0.629. The van der Waals surface area contributed by atoms with Gasteiger partial charge in [0.1, 0.15) is 23.0 Å². The molecule has 0 aliphatic carbocycles. The second kappa shape index (κ2) is 9.43. The van der Waals surface area contributed by atoms with Crippen molar-refractivity contribution < 1.29 is 18.7 Å². The lowest BCUT2D eigenvalue weighted by atomic mass is 10.1. The highest BCUT2D eigenvalue weighted by molar-refractivity contribution is 7.99. The Balaban J connectivity index is 1.50. The Hall–Kier alpha value is -3.00. The van der Waals surface area contributed by atoms with E-state index in [1.807, 2.05) is 24.3 Å². The van der Waals surface area contributed by atoms with Crippen LogP contribution in [0.2, 0.25) is 0 Å². The van der Waals surface area contributed by atoms with E-state index in [2.05, 4.69) is 10.2 Å². The van der Waals surface area contributed by atoms with Crippen molar-refractivity contribution in [3.05, 3.63) is 65.6 Å². The van der Waals surface area contributed by atoms with Crippen LogP contribution in [0.1, 0.15) is 27.7 Å². The summed E-state index contributed by atoms with van der Waals surface area (Å²) in [6.07, 6.45) is 0.696. The number of rotatable bonds is 5. The molecule has 1 fully saturated rings. The van der Waals surface area contributed by atoms with Crippen molar-refractivity contribution in [3.63, 3.8) is 0 Å². The number of nitrogens with zero attached hydrogens (tertiary/aromatic N) is 2. The molecule has 162 valence electrons. The number of aromatic nitrogens is 2. The summed E-state index contributed by atoms with van der Waals surface area (Å²) in [6.45, 7) is 1.16. The normalized spacial score (nSPS) is 16.6. The Morgan fingerprint density at radius 1 is 1.16 bits per heavy atom. The molecule has 0 unspecified atom stereocenters. The van der Waals surface area contributed by atoms with Gasteiger partial charge in [0.05, 0.1) is 19.9 Å². The first-order valence-corrected chi connectivity index (χ1v) is 11.1. The lowest BCUT2D eigenvalue weighted by Crippen LogP contribution is -2.33. The molecular formula is C23H24FN3O3S. The van der Waals surface area contributed by atoms with Crippen molar-refractivity contribution in [2.24, 2.45) is 0 Å². The summed E-state index contributed by atoms with van der Waals surface area (Å²) in [7, 11) is 3.18. The Morgan fingerprint density at radius 3 is 2.77 bits per heavy atom. The summed E-state index contributed by atoms with van der Waals surface area (Å²) < 4.78 is 24.9. The molecule has 1 aliphatic heterocycles. The summed E-state index contributed by atoms with van der Waals surface area (Å²) in [5.74, 6) is 1.76. The van der Waals surface area contributed by atoms with Crippen LogP contribution in [0.25, 0.3) is 11.3 Å². The number of hydrogen-bond acceptors (Lipinski definition) is 5. The number of aromatic amines is 1. The molecule has 0 spiro atoms. The van der Waals surface area contributed by atoms with Crippen LogP contribution in [0.15, 0.2) is 48.5 Å². The third kappa shape index (κ3) is 4.54. The fourth-order valence-electron chi connectivity index (χ4n) is 3.71. The van der Waals surface area contributed by atoms with Crippen LogP contribution in [0.5, 0.6) is 11.5 Å². The van der Waals surface area contributed by atoms with Gasteiger partial charge in [0.25, 0.3) is 5.91 Å². The Kier molecular flexibility index (Phi) is 6.46. The van der Waals surface area contributed by atoms with Crippen molar-refractivity contribution in [1.82, 2.24) is 15.1 Å². The van der Waals surface area contributed by atoms with E-state index in [0.29, 0.717) is 48.0 Å². The van der Waals surface area contributed by atoms with E-state index in [1.54, 1.807) is 49.1 Å². The summed E-state index contributed by atoms with van der Waals surface area (Å²) in [5, 5.41) is 7.22. The molecule has 0 radical (unpaired) electrons. The first-order chi connectivity index (χ1) is 15.1. The van der Waals surface area contributed by atoms with Crippen LogP contribution < -0.4 is 9.47 Å². The summed E-state index contributed by atoms with van der Waals surface area (Å²) in [6, 6.07) is 14.0. The average molecular weight is 442 g/mol. The molecule has 0 saturated carbocycles. The zero-order chi connectivity index (χ0) is 21.8. The molecule has 6 nitrogen and oxygen atoms in total. The maximum absolute atomic E-state index is 14.2. The third-order valence-corrected chi connectivity index (χ3v) is 6.68. The number of amides is 1. The minimum atomic E-state index is -0.190. The fourth-order valence-corrected chi connectivity index (χ4v) is 4.96. The van der Waals surface area contributed by atoms with E-state index in [-0.39, 0.29) is 17.0 Å². The second-order valence-electron chi connectivity index (χ2n) is 7.19. The molecule has 2 heterocycles. The summed E-state index contributed by atoms with van der Waals surface area (Å²) in [5.41, 5.74) is 2.46. The van der Waals surface area contributed by atoms with Crippen molar-refractivity contribution in [2.75, 3.05) is 33.1 Å². The van der Waals surface area contributed by atoms with Crippen LogP contribution in [-0.2, 0) is 0 Å². The molecule has 4 rings (SSSR count). The van der Waals surface area contributed by atoms with Gasteiger partial charge in [0.2, 0.25) is 0 Å². The number of methoxy groups -OCH3 is 2. The summed E-state index contributed by atoms with van der Waals surface area (Å²) >= 11 is 1.69. The molecular weight excluding hydrogens is 417 g/mol. The highest BCUT2D eigenvalue weighted by Crippen LogP contribution is 2.36. The van der Waals surface area contributed by atoms with Crippen molar-refractivity contribution in [2.45, 2.75) is 11.7 Å². The standard InChI is InChI=1S/C23H24FN3O3S/c1-29-15-7-8-21(30-2)17(13-15)19-14-20(26-25-19)23(28)27-10-9-22(31-12-11-27)16-5-3-4-6-18(16)24/h3-8,13-14,22H,9-12H2,1-2H3,(H,25,26)/t22-/m1/s1. The predicted molar refractivity (Wildman–Crippen MR) is 119 cm³/mol. The molecule has 1 aliphatic rings. The minimum absolute atomic E-state index is 0.0392. The van der Waals surface area contributed by atoms with E-state index < -0.39 is 0 Å². The predicted octanol–water partition coefficient (Wildman–Crippen LogP) is 4.55. The van der Waals surface area contributed by atoms with Gasteiger partial charge in [-0.3, -0.25) is 9.89 Å². The molecule has 2 aromatic carbocycles. The highest BCUT2D eigenvalue weighted by atomic mass is 32.2. The van der Waals surface area contributed by atoms with Crippen LogP contribution in [0.3, 0.4) is 0 Å². The van der Waals surface area contributed by atoms with Crippen LogP contribution in [-0.4, -0.2) is 54.1 Å². The number of nitrogens with one attached hydrogen (secondary N) is 1. The van der Waals surface area contributed by atoms with Crippen molar-refractivity contribution >= 4 is 17.7 Å². The Morgan fingerprint density at radius 2 is 2.00 bits per heavy atom. The van der Waals surface area contributed by atoms with Crippen molar-refractivity contribution in [1.29, 1.82) is 0 Å². The van der Waals surface area contributed by atoms with Gasteiger partial charge < -0.3 is 14.4 Å². The van der Waals surface area contributed by atoms with Gasteiger partial charge in [-0.2, -0.15) is 16.9 Å². The average Bonchev–Trinajstić information content (AvgIpc) is 3.17. The van der Waals surface area contributed by atoms with Crippen LogP contribution in [0.4, 0.5) is 4.39 Å². The Labute approximate surface area is 184 Å². The number of ether oxygens (including phenoxy) is 2. The van der Waals surface area contributed by atoms with Gasteiger partial charge in [-0.1, -0.05) is 18.2 Å². The van der Waals surface area contributed by atoms with Gasteiger partial charge >= 0.3 is 0 Å². The first-order valence-electron chi connectivity index (χ1n) is 10.0. The first kappa shape index (κ1) is 21.2. The minimum Gasteiger partial charge on any atom is -0.497 e. The number of carbonyl (C=O) groups is 1. The number of carbonyl (C=O) groups excluding carboxylic acids is 1. The maximum Gasteiger partial charge on any atom is 0.271 e. The number of benzene rings is 2. The van der Waals surface area contributed by atoms with Crippen LogP contribution in [0, 0.1) is 5.82 Å². The zero-order valence-corrected chi connectivity index (χ0v) is 18.2. The van der Waals surface area contributed by atoms with Gasteiger partial charge in [-0.25, -0.2) is 4.39 Å². The SMILES string of the molecule is COc1ccc(OC)c(-c2cc(C(=O)N3CCS[C@@H](c4ccccc4F)CC3)[nH]n2)c1. The van der Waals surface area contributed by atoms with Gasteiger partial charge in [0, 0.05) is 35.2 Å². The molecule has 1 saturated heterocycles. The fraction of sp³-hybridized carbons (Fsp3) is 0.304. The molecule has 31 heavy (non-hydrogen) atoms. The van der Waals surface area contributed by atoms with E-state index >= 15 is 0 Å². The number of thioether (sulfide) groups is 1. The van der Waals surface area contributed by atoms with E-state index in [0.717, 1.165) is 11.3 Å². The topological polar surface area (TPSA) is 67.5 Å². The Bertz CT molecular complexity index is 1070. The van der Waals surface area contributed by atoms with E-state index in [4.69, 9.17) is 9.47 Å². The third-order valence-electron chi connectivity index (χ3n) is 5.37. The summed E-state index contributed by atoms with van der Waals surface area (Å²) in [4.78, 5) is 14.9. The monoisotopic (exact) mass is 441 g/mol. The maximum atomic E-state index is 14.2. The van der Waals surface area contributed by atoms with Gasteiger partial charge in [-0.05, 0) is 36.8 Å². The second-order valence-corrected chi connectivity index (χ2v) is 8.51. The number of hydrogen-bond donors (Lipinski definition) is 1. The zero-order valence-electron chi connectivity index (χ0n) is 17.4. The molecule has 1 atom stereocenters. The molecule has 1 amide bonds. The van der Waals surface area contributed by atoms with E-state index in [1.165, 1.54) is 6.07 Å². The van der Waals surface area contributed by atoms with Gasteiger partial charge in [0.15, 0.2) is 0 Å². The number of halogens is 1. The van der Waals surface area contributed by atoms with Gasteiger partial charge in [-0.15, -0.1) is 0 Å². The van der Waals surface area contributed by atoms with E-state index in [9.17, 15) is 9.18 Å². The number of H-pyrrole nitrogens is 1. The smallest absolute Gasteiger partial charge is 0.271 e. The highest BCUT2D eigenvalue weighted by Gasteiger charge is 2.25. The molecule has 3 aromatic rings. The lowest BCUT2D eigenvalue weighted by molar-refractivity contribution is 0.0760.